The Hall–Kier alpha value is -1.42. The van der Waals surface area contributed by atoms with E-state index in [0.717, 1.165) is 5.56 Å². The SMILES string of the molecule is Cc1ccc(F)cc1NCc1ccc(Br)cc1F. The molecule has 0 radical (unpaired) electrons. The molecule has 2 aromatic rings. The number of benzene rings is 2. The molecule has 0 unspecified atom stereocenters. The Bertz CT molecular complexity index is 570. The number of nitrogens with one attached hydrogen (secondary N) is 1. The normalized spacial score (nSPS) is 10.4. The van der Waals surface area contributed by atoms with Gasteiger partial charge in [0.15, 0.2) is 0 Å². The van der Waals surface area contributed by atoms with E-state index in [1.807, 2.05) is 6.92 Å². The third kappa shape index (κ3) is 3.07. The van der Waals surface area contributed by atoms with Crippen LogP contribution in [-0.2, 0) is 6.54 Å². The van der Waals surface area contributed by atoms with Crippen LogP contribution in [-0.4, -0.2) is 0 Å². The van der Waals surface area contributed by atoms with Gasteiger partial charge in [-0.15, -0.1) is 0 Å². The zero-order chi connectivity index (χ0) is 13.1. The van der Waals surface area contributed by atoms with Gasteiger partial charge in [-0.25, -0.2) is 8.78 Å². The third-order valence-electron chi connectivity index (χ3n) is 2.68. The molecule has 0 aromatic heterocycles. The number of hydrogen-bond donors (Lipinski definition) is 1. The first kappa shape index (κ1) is 13.0. The minimum Gasteiger partial charge on any atom is -0.381 e. The van der Waals surface area contributed by atoms with E-state index >= 15 is 0 Å². The molecule has 2 aromatic carbocycles. The van der Waals surface area contributed by atoms with Gasteiger partial charge >= 0.3 is 0 Å². The number of anilines is 1. The quantitative estimate of drug-likeness (QED) is 0.870. The summed E-state index contributed by atoms with van der Waals surface area (Å²) in [5.41, 5.74) is 2.15. The van der Waals surface area contributed by atoms with Crippen LogP contribution in [0.25, 0.3) is 0 Å². The van der Waals surface area contributed by atoms with Gasteiger partial charge in [0.2, 0.25) is 0 Å². The molecule has 0 heterocycles. The molecule has 0 amide bonds. The van der Waals surface area contributed by atoms with Crippen molar-refractivity contribution >= 4 is 21.6 Å². The highest BCUT2D eigenvalue weighted by Crippen LogP contribution is 2.19. The van der Waals surface area contributed by atoms with Gasteiger partial charge in [-0.2, -0.15) is 0 Å². The molecule has 2 rings (SSSR count). The average Bonchev–Trinajstić information content (AvgIpc) is 2.32. The van der Waals surface area contributed by atoms with E-state index in [9.17, 15) is 8.78 Å². The van der Waals surface area contributed by atoms with Crippen LogP contribution in [0.5, 0.6) is 0 Å². The van der Waals surface area contributed by atoms with Gasteiger partial charge in [0.25, 0.3) is 0 Å². The molecule has 18 heavy (non-hydrogen) atoms. The van der Waals surface area contributed by atoms with E-state index in [0.29, 0.717) is 22.3 Å². The fourth-order valence-electron chi connectivity index (χ4n) is 1.64. The zero-order valence-corrected chi connectivity index (χ0v) is 11.4. The molecule has 94 valence electrons. The summed E-state index contributed by atoms with van der Waals surface area (Å²) >= 11 is 3.20. The molecule has 0 saturated carbocycles. The van der Waals surface area contributed by atoms with Crippen molar-refractivity contribution in [1.29, 1.82) is 0 Å². The highest BCUT2D eigenvalue weighted by Gasteiger charge is 2.04. The third-order valence-corrected chi connectivity index (χ3v) is 3.18. The summed E-state index contributed by atoms with van der Waals surface area (Å²) in [5.74, 6) is -0.592. The summed E-state index contributed by atoms with van der Waals surface area (Å²) in [5, 5.41) is 3.04. The van der Waals surface area contributed by atoms with Crippen LogP contribution in [0.15, 0.2) is 40.9 Å². The maximum absolute atomic E-state index is 13.6. The van der Waals surface area contributed by atoms with Gasteiger partial charge in [-0.1, -0.05) is 28.1 Å². The van der Waals surface area contributed by atoms with E-state index in [1.165, 1.54) is 18.2 Å². The Kier molecular flexibility index (Phi) is 3.97. The van der Waals surface area contributed by atoms with Crippen molar-refractivity contribution in [2.24, 2.45) is 0 Å². The van der Waals surface area contributed by atoms with E-state index in [-0.39, 0.29) is 11.6 Å². The summed E-state index contributed by atoms with van der Waals surface area (Å²) in [6.07, 6.45) is 0. The molecular weight excluding hydrogens is 300 g/mol. The van der Waals surface area contributed by atoms with Gasteiger partial charge in [0, 0.05) is 22.3 Å². The van der Waals surface area contributed by atoms with E-state index in [2.05, 4.69) is 21.2 Å². The molecule has 0 aliphatic heterocycles. The lowest BCUT2D eigenvalue weighted by molar-refractivity contribution is 0.611. The average molecular weight is 312 g/mol. The zero-order valence-electron chi connectivity index (χ0n) is 9.81. The fraction of sp³-hybridized carbons (Fsp3) is 0.143. The molecule has 0 aliphatic rings. The Morgan fingerprint density at radius 2 is 1.89 bits per heavy atom. The number of halogens is 3. The predicted octanol–water partition coefficient (Wildman–Crippen LogP) is 4.65. The van der Waals surface area contributed by atoms with Gasteiger partial charge in [-0.05, 0) is 36.8 Å². The van der Waals surface area contributed by atoms with Gasteiger partial charge in [-0.3, -0.25) is 0 Å². The van der Waals surface area contributed by atoms with Crippen molar-refractivity contribution < 1.29 is 8.78 Å². The van der Waals surface area contributed by atoms with Crippen molar-refractivity contribution in [3.05, 3.63) is 63.6 Å². The summed E-state index contributed by atoms with van der Waals surface area (Å²) < 4.78 is 27.4. The maximum atomic E-state index is 13.6. The van der Waals surface area contributed by atoms with Gasteiger partial charge in [0.05, 0.1) is 0 Å². The summed E-state index contributed by atoms with van der Waals surface area (Å²) in [7, 11) is 0. The molecule has 0 atom stereocenters. The largest absolute Gasteiger partial charge is 0.381 e. The lowest BCUT2D eigenvalue weighted by Crippen LogP contribution is -2.03. The van der Waals surface area contributed by atoms with Crippen molar-refractivity contribution in [3.8, 4) is 0 Å². The minimum atomic E-state index is -0.306. The summed E-state index contributed by atoms with van der Waals surface area (Å²) in [6, 6.07) is 9.39. The topological polar surface area (TPSA) is 12.0 Å². The lowest BCUT2D eigenvalue weighted by Gasteiger charge is -2.10. The molecule has 0 aliphatic carbocycles. The second-order valence-electron chi connectivity index (χ2n) is 4.05. The first-order valence-electron chi connectivity index (χ1n) is 5.50. The number of rotatable bonds is 3. The van der Waals surface area contributed by atoms with Crippen molar-refractivity contribution in [3.63, 3.8) is 0 Å². The maximum Gasteiger partial charge on any atom is 0.129 e. The van der Waals surface area contributed by atoms with Crippen LogP contribution in [0.2, 0.25) is 0 Å². The van der Waals surface area contributed by atoms with Crippen molar-refractivity contribution in [1.82, 2.24) is 0 Å². The lowest BCUT2D eigenvalue weighted by atomic mass is 10.1. The Labute approximate surface area is 113 Å². The van der Waals surface area contributed by atoms with Crippen LogP contribution in [0, 0.1) is 18.6 Å². The van der Waals surface area contributed by atoms with Gasteiger partial charge in [0.1, 0.15) is 11.6 Å². The van der Waals surface area contributed by atoms with E-state index < -0.39 is 0 Å². The predicted molar refractivity (Wildman–Crippen MR) is 72.6 cm³/mol. The molecule has 0 bridgehead atoms. The first-order chi connectivity index (χ1) is 8.56. The fourth-order valence-corrected chi connectivity index (χ4v) is 1.97. The highest BCUT2D eigenvalue weighted by atomic mass is 79.9. The minimum absolute atomic E-state index is 0.286. The van der Waals surface area contributed by atoms with Crippen LogP contribution in [0.3, 0.4) is 0 Å². The number of hydrogen-bond acceptors (Lipinski definition) is 1. The Morgan fingerprint density at radius 1 is 1.11 bits per heavy atom. The molecular formula is C14H12BrF2N. The second-order valence-corrected chi connectivity index (χ2v) is 4.96. The van der Waals surface area contributed by atoms with Crippen molar-refractivity contribution in [2.45, 2.75) is 13.5 Å². The molecule has 0 spiro atoms. The van der Waals surface area contributed by atoms with Crippen LogP contribution in [0.1, 0.15) is 11.1 Å². The van der Waals surface area contributed by atoms with E-state index in [4.69, 9.17) is 0 Å². The summed E-state index contributed by atoms with van der Waals surface area (Å²) in [4.78, 5) is 0. The van der Waals surface area contributed by atoms with Crippen LogP contribution >= 0.6 is 15.9 Å². The first-order valence-corrected chi connectivity index (χ1v) is 6.29. The number of aryl methyl sites for hydroxylation is 1. The summed E-state index contributed by atoms with van der Waals surface area (Å²) in [6.45, 7) is 2.20. The van der Waals surface area contributed by atoms with Crippen LogP contribution in [0.4, 0.5) is 14.5 Å². The standard InChI is InChI=1S/C14H12BrF2N/c1-9-2-5-12(16)7-14(9)18-8-10-3-4-11(15)6-13(10)17/h2-7,18H,8H2,1H3. The molecule has 1 N–H and O–H groups in total. The van der Waals surface area contributed by atoms with Gasteiger partial charge < -0.3 is 5.32 Å². The smallest absolute Gasteiger partial charge is 0.129 e. The Morgan fingerprint density at radius 3 is 2.61 bits per heavy atom. The van der Waals surface area contributed by atoms with Crippen LogP contribution < -0.4 is 5.32 Å². The Balaban J connectivity index is 2.13. The van der Waals surface area contributed by atoms with E-state index in [1.54, 1.807) is 18.2 Å². The molecule has 4 heteroatoms. The molecule has 0 fully saturated rings. The molecule has 0 saturated heterocycles. The molecule has 1 nitrogen and oxygen atoms in total. The second kappa shape index (κ2) is 5.48. The van der Waals surface area contributed by atoms with Crippen molar-refractivity contribution in [2.75, 3.05) is 5.32 Å². The highest BCUT2D eigenvalue weighted by molar-refractivity contribution is 9.10. The monoisotopic (exact) mass is 311 g/mol.